The zero-order valence-corrected chi connectivity index (χ0v) is 6.38. The van der Waals surface area contributed by atoms with E-state index in [-0.39, 0.29) is 11.8 Å². The van der Waals surface area contributed by atoms with E-state index >= 15 is 0 Å². The number of ether oxygens (including phenoxy) is 1. The quantitative estimate of drug-likeness (QED) is 0.433. The third-order valence-corrected chi connectivity index (χ3v) is 1.45. The first-order valence-corrected chi connectivity index (χ1v) is 3.54. The largest absolute Gasteiger partial charge is 0.483 e. The summed E-state index contributed by atoms with van der Waals surface area (Å²) in [5, 5.41) is 7.17. The summed E-state index contributed by atoms with van der Waals surface area (Å²) >= 11 is 5.69. The Hall–Kier alpha value is -0.280. The van der Waals surface area contributed by atoms with Crippen LogP contribution in [0.15, 0.2) is 0 Å². The number of alkyl halides is 1. The lowest BCUT2D eigenvalue weighted by atomic mass is 10.2. The highest BCUT2D eigenvalue weighted by atomic mass is 35.5. The van der Waals surface area contributed by atoms with Gasteiger partial charge in [0.25, 0.3) is 6.47 Å². The van der Waals surface area contributed by atoms with Gasteiger partial charge in [0.2, 0.25) is 0 Å². The Morgan fingerprint density at radius 1 is 1.70 bits per heavy atom. The Balaban J connectivity index is 0.000000236. The predicted molar refractivity (Wildman–Crippen MR) is 38.4 cm³/mol. The van der Waals surface area contributed by atoms with Gasteiger partial charge in [-0.3, -0.25) is 4.79 Å². The molecule has 0 saturated carbocycles. The van der Waals surface area contributed by atoms with Gasteiger partial charge in [0.1, 0.15) is 0 Å². The molecule has 1 atom stereocenters. The molecule has 0 amide bonds. The van der Waals surface area contributed by atoms with Gasteiger partial charge in [0, 0.05) is 6.61 Å². The molecule has 1 aliphatic heterocycles. The summed E-state index contributed by atoms with van der Waals surface area (Å²) in [4.78, 5) is 8.36. The highest BCUT2D eigenvalue weighted by molar-refractivity contribution is 6.20. The Morgan fingerprint density at radius 3 is 2.50 bits per heavy atom. The monoisotopic (exact) mass is 166 g/mol. The van der Waals surface area contributed by atoms with E-state index < -0.39 is 0 Å². The third kappa shape index (κ3) is 5.85. The number of carbonyl (C=O) groups is 1. The van der Waals surface area contributed by atoms with Crippen molar-refractivity contribution in [2.24, 2.45) is 0 Å². The minimum atomic E-state index is -0.250. The molecule has 0 aliphatic carbocycles. The molecule has 4 heteroatoms. The fourth-order valence-electron chi connectivity index (χ4n) is 0.701. The lowest BCUT2D eigenvalue weighted by Gasteiger charge is -2.14. The number of hydrogen-bond donors (Lipinski definition) is 1. The number of halogens is 1. The zero-order valence-electron chi connectivity index (χ0n) is 5.62. The van der Waals surface area contributed by atoms with E-state index in [4.69, 9.17) is 26.2 Å². The van der Waals surface area contributed by atoms with E-state index in [2.05, 4.69) is 0 Å². The molecule has 3 nitrogen and oxygen atoms in total. The van der Waals surface area contributed by atoms with Crippen LogP contribution in [-0.4, -0.2) is 30.2 Å². The molecule has 1 saturated heterocycles. The molecule has 0 radical (unpaired) electrons. The Bertz CT molecular complexity index is 81.1. The highest BCUT2D eigenvalue weighted by Crippen LogP contribution is 2.10. The van der Waals surface area contributed by atoms with Crippen molar-refractivity contribution in [3.63, 3.8) is 0 Å². The summed E-state index contributed by atoms with van der Waals surface area (Å²) in [5.41, 5.74) is 0. The van der Waals surface area contributed by atoms with Crippen LogP contribution in [0.2, 0.25) is 0 Å². The first-order chi connectivity index (χ1) is 4.81. The van der Waals surface area contributed by atoms with Crippen LogP contribution in [0.1, 0.15) is 12.8 Å². The molecule has 0 unspecified atom stereocenters. The maximum Gasteiger partial charge on any atom is 0.290 e. The van der Waals surface area contributed by atoms with Crippen molar-refractivity contribution >= 4 is 18.1 Å². The van der Waals surface area contributed by atoms with Crippen LogP contribution in [0, 0.1) is 0 Å². The van der Waals surface area contributed by atoms with Crippen molar-refractivity contribution in [3.05, 3.63) is 0 Å². The van der Waals surface area contributed by atoms with E-state index in [1.807, 2.05) is 0 Å². The van der Waals surface area contributed by atoms with Crippen LogP contribution in [0.25, 0.3) is 0 Å². The van der Waals surface area contributed by atoms with Crippen molar-refractivity contribution < 1.29 is 14.6 Å². The maximum absolute atomic E-state index is 8.36. The number of carboxylic acid groups (broad SMARTS) is 1. The van der Waals surface area contributed by atoms with Crippen LogP contribution in [-0.2, 0) is 9.53 Å². The zero-order chi connectivity index (χ0) is 7.82. The summed E-state index contributed by atoms with van der Waals surface area (Å²) in [6.07, 6.45) is 2.26. The van der Waals surface area contributed by atoms with Crippen molar-refractivity contribution in [2.45, 2.75) is 18.2 Å². The lowest BCUT2D eigenvalue weighted by molar-refractivity contribution is -0.122. The second-order valence-electron chi connectivity index (χ2n) is 1.92. The summed E-state index contributed by atoms with van der Waals surface area (Å²) < 4.78 is 5.05. The van der Waals surface area contributed by atoms with Gasteiger partial charge in [-0.25, -0.2) is 0 Å². The minimum Gasteiger partial charge on any atom is -0.483 e. The molecular weight excluding hydrogens is 156 g/mol. The van der Waals surface area contributed by atoms with Crippen molar-refractivity contribution in [2.75, 3.05) is 13.2 Å². The summed E-state index contributed by atoms with van der Waals surface area (Å²) in [6.45, 7) is 1.41. The van der Waals surface area contributed by atoms with Gasteiger partial charge < -0.3 is 9.84 Å². The van der Waals surface area contributed by atoms with Gasteiger partial charge in [0.05, 0.1) is 12.0 Å². The fourth-order valence-corrected chi connectivity index (χ4v) is 0.945. The van der Waals surface area contributed by atoms with E-state index in [1.165, 1.54) is 0 Å². The molecule has 60 valence electrons. The normalized spacial score (nSPS) is 24.3. The molecule has 1 fully saturated rings. The topological polar surface area (TPSA) is 46.5 Å². The highest BCUT2D eigenvalue weighted by Gasteiger charge is 2.08. The number of rotatable bonds is 0. The smallest absolute Gasteiger partial charge is 0.290 e. The first kappa shape index (κ1) is 9.72. The Morgan fingerprint density at radius 2 is 2.30 bits per heavy atom. The number of hydrogen-bond acceptors (Lipinski definition) is 2. The molecule has 0 aromatic carbocycles. The second-order valence-corrected chi connectivity index (χ2v) is 2.54. The van der Waals surface area contributed by atoms with Gasteiger partial charge in [-0.2, -0.15) is 0 Å². The minimum absolute atomic E-state index is 0.250. The molecule has 1 N–H and O–H groups in total. The first-order valence-electron chi connectivity index (χ1n) is 3.11. The summed E-state index contributed by atoms with van der Waals surface area (Å²) in [5.74, 6) is 0. The van der Waals surface area contributed by atoms with E-state index in [9.17, 15) is 0 Å². The molecule has 1 rings (SSSR count). The third-order valence-electron chi connectivity index (χ3n) is 1.10. The molecular formula is C6H11ClO3. The van der Waals surface area contributed by atoms with Gasteiger partial charge in [-0.15, -0.1) is 11.6 Å². The van der Waals surface area contributed by atoms with Crippen LogP contribution >= 0.6 is 11.6 Å². The standard InChI is InChI=1S/C5H9ClO.CH2O2/c6-5-2-1-3-7-4-5;2-1-3/h5H,1-4H2;1H,(H,2,3)/t5-;/m0./s1. The Kier molecular flexibility index (Phi) is 6.64. The molecule has 10 heavy (non-hydrogen) atoms. The molecule has 0 spiro atoms. The van der Waals surface area contributed by atoms with E-state index in [0.717, 1.165) is 26.1 Å². The molecule has 1 aliphatic rings. The Labute approximate surface area is 64.9 Å². The van der Waals surface area contributed by atoms with Gasteiger partial charge in [0.15, 0.2) is 0 Å². The average molecular weight is 167 g/mol. The van der Waals surface area contributed by atoms with Gasteiger partial charge in [-0.05, 0) is 12.8 Å². The van der Waals surface area contributed by atoms with Gasteiger partial charge in [-0.1, -0.05) is 0 Å². The summed E-state index contributed by atoms with van der Waals surface area (Å²) in [7, 11) is 0. The fraction of sp³-hybridized carbons (Fsp3) is 0.833. The van der Waals surface area contributed by atoms with Crippen LogP contribution in [0.4, 0.5) is 0 Å². The van der Waals surface area contributed by atoms with Crippen LogP contribution in [0.5, 0.6) is 0 Å². The summed E-state index contributed by atoms with van der Waals surface area (Å²) in [6, 6.07) is 0. The molecule has 0 bridgehead atoms. The lowest BCUT2D eigenvalue weighted by Crippen LogP contribution is -2.16. The molecule has 0 aromatic heterocycles. The second kappa shape index (κ2) is 6.83. The van der Waals surface area contributed by atoms with Gasteiger partial charge >= 0.3 is 0 Å². The van der Waals surface area contributed by atoms with E-state index in [1.54, 1.807) is 0 Å². The maximum atomic E-state index is 8.36. The van der Waals surface area contributed by atoms with Crippen LogP contribution in [0.3, 0.4) is 0 Å². The predicted octanol–water partition coefficient (Wildman–Crippen LogP) is 1.10. The SMILES string of the molecule is Cl[C@H]1CCCOC1.O=CO. The molecule has 0 aromatic rings. The van der Waals surface area contributed by atoms with Crippen LogP contribution < -0.4 is 0 Å². The van der Waals surface area contributed by atoms with Crippen molar-refractivity contribution in [1.29, 1.82) is 0 Å². The average Bonchev–Trinajstić information content (AvgIpc) is 1.91. The van der Waals surface area contributed by atoms with Crippen molar-refractivity contribution in [1.82, 2.24) is 0 Å². The van der Waals surface area contributed by atoms with Crippen molar-refractivity contribution in [3.8, 4) is 0 Å². The molecule has 1 heterocycles. The van der Waals surface area contributed by atoms with E-state index in [0.29, 0.717) is 0 Å².